The van der Waals surface area contributed by atoms with Crippen LogP contribution >= 0.6 is 0 Å². The second-order valence-electron chi connectivity index (χ2n) is 6.33. The highest BCUT2D eigenvalue weighted by Crippen LogP contribution is 2.24. The summed E-state index contributed by atoms with van der Waals surface area (Å²) in [7, 11) is 0. The summed E-state index contributed by atoms with van der Waals surface area (Å²) in [6.07, 6.45) is 0. The molecule has 2 aromatic carbocycles. The average Bonchev–Trinajstić information content (AvgIpc) is 2.93. The molecule has 0 aliphatic carbocycles. The summed E-state index contributed by atoms with van der Waals surface area (Å²) in [6.45, 7) is 3.87. The summed E-state index contributed by atoms with van der Waals surface area (Å²) in [5.74, 6) is -1.18. The standard InChI is InChI=1S/C21H19N3O3/c1-3-23(14(2)16-10-8-15(12-22)9-11-16)19(25)13-24-20(26)17-6-4-5-7-18(17)21(24)27/h4-11,14H,3,13H2,1-2H3. The minimum atomic E-state index is -0.439. The number of nitriles is 1. The number of hydrogen-bond donors (Lipinski definition) is 0. The summed E-state index contributed by atoms with van der Waals surface area (Å²) in [5, 5.41) is 8.91. The highest BCUT2D eigenvalue weighted by atomic mass is 16.2. The molecule has 6 heteroatoms. The lowest BCUT2D eigenvalue weighted by Crippen LogP contribution is -2.43. The molecule has 0 N–H and O–H groups in total. The number of nitrogens with zero attached hydrogens (tertiary/aromatic N) is 3. The van der Waals surface area contributed by atoms with E-state index in [0.29, 0.717) is 23.2 Å². The van der Waals surface area contributed by atoms with E-state index < -0.39 is 11.8 Å². The zero-order valence-electron chi connectivity index (χ0n) is 15.2. The molecule has 1 unspecified atom stereocenters. The fourth-order valence-electron chi connectivity index (χ4n) is 3.29. The highest BCUT2D eigenvalue weighted by molar-refractivity contribution is 6.22. The van der Waals surface area contributed by atoms with Gasteiger partial charge in [-0.3, -0.25) is 19.3 Å². The van der Waals surface area contributed by atoms with Crippen LogP contribution in [0.1, 0.15) is 51.7 Å². The first-order valence-corrected chi connectivity index (χ1v) is 8.72. The number of rotatable bonds is 5. The second-order valence-corrected chi connectivity index (χ2v) is 6.33. The third-order valence-electron chi connectivity index (χ3n) is 4.82. The Bertz CT molecular complexity index is 909. The van der Waals surface area contributed by atoms with Crippen molar-refractivity contribution in [3.05, 3.63) is 70.8 Å². The Kier molecular flexibility index (Phi) is 5.04. The van der Waals surface area contributed by atoms with Crippen molar-refractivity contribution in [3.8, 4) is 6.07 Å². The summed E-state index contributed by atoms with van der Waals surface area (Å²) < 4.78 is 0. The topological polar surface area (TPSA) is 81.5 Å². The van der Waals surface area contributed by atoms with Crippen molar-refractivity contribution in [3.63, 3.8) is 0 Å². The molecule has 0 saturated heterocycles. The molecule has 0 saturated carbocycles. The van der Waals surface area contributed by atoms with E-state index in [1.54, 1.807) is 53.4 Å². The number of imide groups is 1. The Morgan fingerprint density at radius 3 is 2.11 bits per heavy atom. The van der Waals surface area contributed by atoms with Gasteiger partial charge in [0.05, 0.1) is 28.8 Å². The number of carbonyl (C=O) groups excluding carboxylic acids is 3. The van der Waals surface area contributed by atoms with Gasteiger partial charge in [0.15, 0.2) is 0 Å². The number of benzene rings is 2. The molecular weight excluding hydrogens is 342 g/mol. The average molecular weight is 361 g/mol. The van der Waals surface area contributed by atoms with Gasteiger partial charge < -0.3 is 4.90 Å². The predicted molar refractivity (Wildman–Crippen MR) is 98.8 cm³/mol. The van der Waals surface area contributed by atoms with Crippen LogP contribution in [-0.2, 0) is 4.79 Å². The minimum Gasteiger partial charge on any atom is -0.335 e. The van der Waals surface area contributed by atoms with Gasteiger partial charge in [0.2, 0.25) is 5.91 Å². The van der Waals surface area contributed by atoms with Gasteiger partial charge in [0.1, 0.15) is 6.54 Å². The zero-order valence-corrected chi connectivity index (χ0v) is 15.2. The van der Waals surface area contributed by atoms with Crippen molar-refractivity contribution in [2.75, 3.05) is 13.1 Å². The molecule has 3 amide bonds. The molecule has 27 heavy (non-hydrogen) atoms. The van der Waals surface area contributed by atoms with Gasteiger partial charge >= 0.3 is 0 Å². The lowest BCUT2D eigenvalue weighted by Gasteiger charge is -2.30. The highest BCUT2D eigenvalue weighted by Gasteiger charge is 2.37. The van der Waals surface area contributed by atoms with E-state index in [2.05, 4.69) is 6.07 Å². The quantitative estimate of drug-likeness (QED) is 0.767. The van der Waals surface area contributed by atoms with E-state index in [1.165, 1.54) is 0 Å². The maximum atomic E-state index is 12.8. The van der Waals surface area contributed by atoms with E-state index in [-0.39, 0.29) is 18.5 Å². The van der Waals surface area contributed by atoms with E-state index >= 15 is 0 Å². The molecule has 136 valence electrons. The summed E-state index contributed by atoms with van der Waals surface area (Å²) in [5.41, 5.74) is 2.09. The van der Waals surface area contributed by atoms with Crippen LogP contribution in [0, 0.1) is 11.3 Å². The SMILES string of the molecule is CCN(C(=O)CN1C(=O)c2ccccc2C1=O)C(C)c1ccc(C#N)cc1. The summed E-state index contributed by atoms with van der Waals surface area (Å²) in [4.78, 5) is 40.4. The Labute approximate surface area is 157 Å². The van der Waals surface area contributed by atoms with E-state index in [0.717, 1.165) is 10.5 Å². The van der Waals surface area contributed by atoms with Gasteiger partial charge in [-0.25, -0.2) is 0 Å². The molecule has 0 fully saturated rings. The number of carbonyl (C=O) groups is 3. The van der Waals surface area contributed by atoms with Gasteiger partial charge in [-0.05, 0) is 43.7 Å². The number of amides is 3. The largest absolute Gasteiger partial charge is 0.335 e. The Balaban J connectivity index is 1.77. The van der Waals surface area contributed by atoms with Gasteiger partial charge in [-0.1, -0.05) is 24.3 Å². The Hall–Kier alpha value is -3.46. The monoisotopic (exact) mass is 361 g/mol. The number of fused-ring (bicyclic) bond motifs is 1. The molecule has 0 radical (unpaired) electrons. The molecule has 0 aromatic heterocycles. The van der Waals surface area contributed by atoms with Crippen LogP contribution < -0.4 is 0 Å². The van der Waals surface area contributed by atoms with Gasteiger partial charge in [0, 0.05) is 6.54 Å². The number of likely N-dealkylation sites (N-methyl/N-ethyl adjacent to an activating group) is 1. The normalized spacial score (nSPS) is 13.9. The number of hydrogen-bond acceptors (Lipinski definition) is 4. The molecule has 1 aliphatic rings. The Morgan fingerprint density at radius 1 is 1.07 bits per heavy atom. The van der Waals surface area contributed by atoms with E-state index in [4.69, 9.17) is 5.26 Å². The molecule has 1 aliphatic heterocycles. The van der Waals surface area contributed by atoms with Crippen LogP contribution in [-0.4, -0.2) is 40.6 Å². The molecule has 1 heterocycles. The third-order valence-corrected chi connectivity index (χ3v) is 4.82. The van der Waals surface area contributed by atoms with Crippen LogP contribution in [0.2, 0.25) is 0 Å². The maximum Gasteiger partial charge on any atom is 0.262 e. The van der Waals surface area contributed by atoms with Crippen LogP contribution in [0.5, 0.6) is 0 Å². The van der Waals surface area contributed by atoms with Gasteiger partial charge in [0.25, 0.3) is 11.8 Å². The molecule has 2 aromatic rings. The molecule has 1 atom stereocenters. The van der Waals surface area contributed by atoms with Gasteiger partial charge in [-0.15, -0.1) is 0 Å². The van der Waals surface area contributed by atoms with Crippen LogP contribution in [0.15, 0.2) is 48.5 Å². The molecule has 3 rings (SSSR count). The maximum absolute atomic E-state index is 12.8. The summed E-state index contributed by atoms with van der Waals surface area (Å²) in [6, 6.07) is 15.4. The fraction of sp³-hybridized carbons (Fsp3) is 0.238. The van der Waals surface area contributed by atoms with Crippen LogP contribution in [0.3, 0.4) is 0 Å². The lowest BCUT2D eigenvalue weighted by atomic mass is 10.0. The van der Waals surface area contributed by atoms with Crippen molar-refractivity contribution in [2.45, 2.75) is 19.9 Å². The third kappa shape index (κ3) is 3.32. The van der Waals surface area contributed by atoms with Crippen molar-refractivity contribution < 1.29 is 14.4 Å². The van der Waals surface area contributed by atoms with E-state index in [9.17, 15) is 14.4 Å². The Morgan fingerprint density at radius 2 is 1.63 bits per heavy atom. The minimum absolute atomic E-state index is 0.245. The first-order chi connectivity index (χ1) is 13.0. The zero-order chi connectivity index (χ0) is 19.6. The fourth-order valence-corrected chi connectivity index (χ4v) is 3.29. The molecule has 6 nitrogen and oxygen atoms in total. The molecule has 0 bridgehead atoms. The van der Waals surface area contributed by atoms with Crippen LogP contribution in [0.4, 0.5) is 0 Å². The lowest BCUT2D eigenvalue weighted by molar-refractivity contribution is -0.133. The smallest absolute Gasteiger partial charge is 0.262 e. The van der Waals surface area contributed by atoms with Crippen LogP contribution in [0.25, 0.3) is 0 Å². The first kappa shape index (κ1) is 18.3. The van der Waals surface area contributed by atoms with Crippen molar-refractivity contribution in [1.82, 2.24) is 9.80 Å². The van der Waals surface area contributed by atoms with Crippen molar-refractivity contribution in [2.24, 2.45) is 0 Å². The predicted octanol–water partition coefficient (Wildman–Crippen LogP) is 2.76. The molecule has 0 spiro atoms. The molecular formula is C21H19N3O3. The summed E-state index contributed by atoms with van der Waals surface area (Å²) >= 11 is 0. The first-order valence-electron chi connectivity index (χ1n) is 8.72. The van der Waals surface area contributed by atoms with Gasteiger partial charge in [-0.2, -0.15) is 5.26 Å². The second kappa shape index (κ2) is 7.42. The van der Waals surface area contributed by atoms with E-state index in [1.807, 2.05) is 13.8 Å². The van der Waals surface area contributed by atoms with Crippen molar-refractivity contribution >= 4 is 17.7 Å². The van der Waals surface area contributed by atoms with Crippen molar-refractivity contribution in [1.29, 1.82) is 5.26 Å².